The SMILES string of the molecule is O=C1N=C2CC=NC=C2C(=O)C1c1ccccn1. The number of carbonyl (C=O) groups is 2. The van der Waals surface area contributed by atoms with Crippen molar-refractivity contribution in [3.05, 3.63) is 41.9 Å². The summed E-state index contributed by atoms with van der Waals surface area (Å²) < 4.78 is 0. The molecule has 0 aliphatic carbocycles. The molecular weight excluding hydrogens is 230 g/mol. The average molecular weight is 239 g/mol. The first kappa shape index (κ1) is 10.7. The Kier molecular flexibility index (Phi) is 2.44. The van der Waals surface area contributed by atoms with Gasteiger partial charge in [0.25, 0.3) is 5.91 Å². The van der Waals surface area contributed by atoms with Crippen molar-refractivity contribution in [3.63, 3.8) is 0 Å². The van der Waals surface area contributed by atoms with E-state index in [1.165, 1.54) is 6.20 Å². The number of amides is 1. The van der Waals surface area contributed by atoms with Crippen molar-refractivity contribution in [2.45, 2.75) is 12.3 Å². The average Bonchev–Trinajstić information content (AvgIpc) is 2.40. The minimum Gasteiger partial charge on any atom is -0.293 e. The van der Waals surface area contributed by atoms with E-state index in [-0.39, 0.29) is 5.78 Å². The fourth-order valence-electron chi connectivity index (χ4n) is 2.04. The summed E-state index contributed by atoms with van der Waals surface area (Å²) in [6.07, 6.45) is 5.08. The standard InChI is InChI=1S/C13H9N3O2/c17-12-8-7-14-6-4-9(8)16-13(18)11(12)10-3-1-2-5-15-10/h1-3,5-7,11H,4H2. The first-order valence-corrected chi connectivity index (χ1v) is 5.56. The Morgan fingerprint density at radius 3 is 2.89 bits per heavy atom. The van der Waals surface area contributed by atoms with Crippen LogP contribution in [-0.4, -0.2) is 28.6 Å². The second-order valence-corrected chi connectivity index (χ2v) is 4.03. The van der Waals surface area contributed by atoms with Crippen LogP contribution >= 0.6 is 0 Å². The van der Waals surface area contributed by atoms with Crippen LogP contribution in [0, 0.1) is 0 Å². The molecule has 1 atom stereocenters. The van der Waals surface area contributed by atoms with Crippen LogP contribution in [0.25, 0.3) is 0 Å². The van der Waals surface area contributed by atoms with Gasteiger partial charge >= 0.3 is 0 Å². The largest absolute Gasteiger partial charge is 0.293 e. The van der Waals surface area contributed by atoms with Crippen LogP contribution in [0.1, 0.15) is 18.0 Å². The van der Waals surface area contributed by atoms with Crippen LogP contribution in [0.15, 0.2) is 46.2 Å². The van der Waals surface area contributed by atoms with Gasteiger partial charge < -0.3 is 0 Å². The van der Waals surface area contributed by atoms with E-state index < -0.39 is 11.8 Å². The number of ketones is 1. The molecule has 1 aromatic rings. The molecule has 0 fully saturated rings. The minimum atomic E-state index is -0.922. The lowest BCUT2D eigenvalue weighted by atomic mass is 9.87. The summed E-state index contributed by atoms with van der Waals surface area (Å²) in [5.41, 5.74) is 1.37. The van der Waals surface area contributed by atoms with Crippen molar-refractivity contribution < 1.29 is 9.59 Å². The molecule has 5 heteroatoms. The summed E-state index contributed by atoms with van der Waals surface area (Å²) in [6.45, 7) is 0. The van der Waals surface area contributed by atoms with Gasteiger partial charge in [-0.2, -0.15) is 0 Å². The molecule has 3 rings (SSSR count). The highest BCUT2D eigenvalue weighted by Gasteiger charge is 2.38. The highest BCUT2D eigenvalue weighted by Crippen LogP contribution is 2.27. The predicted molar refractivity (Wildman–Crippen MR) is 65.6 cm³/mol. The summed E-state index contributed by atoms with van der Waals surface area (Å²) in [5.74, 6) is -1.63. The Labute approximate surface area is 103 Å². The molecule has 0 radical (unpaired) electrons. The van der Waals surface area contributed by atoms with Crippen LogP contribution in [0.3, 0.4) is 0 Å². The molecule has 0 aromatic carbocycles. The molecule has 3 heterocycles. The molecule has 0 N–H and O–H groups in total. The number of aromatic nitrogens is 1. The number of allylic oxidation sites excluding steroid dienone is 1. The lowest BCUT2D eigenvalue weighted by Crippen LogP contribution is -2.33. The number of aliphatic imine (C=N–C) groups is 2. The van der Waals surface area contributed by atoms with Crippen molar-refractivity contribution >= 4 is 23.6 Å². The van der Waals surface area contributed by atoms with Gasteiger partial charge in [-0.3, -0.25) is 19.6 Å². The van der Waals surface area contributed by atoms with Gasteiger partial charge in [0, 0.05) is 25.0 Å². The van der Waals surface area contributed by atoms with Gasteiger partial charge in [-0.05, 0) is 12.1 Å². The number of hydrogen-bond acceptors (Lipinski definition) is 4. The van der Waals surface area contributed by atoms with Crippen molar-refractivity contribution in [3.8, 4) is 0 Å². The number of fused-ring (bicyclic) bond motifs is 1. The molecule has 1 amide bonds. The maximum atomic E-state index is 12.3. The number of carbonyl (C=O) groups excluding carboxylic acids is 2. The third kappa shape index (κ3) is 1.60. The molecule has 5 nitrogen and oxygen atoms in total. The number of nitrogens with zero attached hydrogens (tertiary/aromatic N) is 3. The molecule has 0 bridgehead atoms. The number of Topliss-reactive ketones (excluding diaryl/α,β-unsaturated/α-hetero) is 1. The van der Waals surface area contributed by atoms with Crippen molar-refractivity contribution in [1.82, 2.24) is 4.98 Å². The summed E-state index contributed by atoms with van der Waals surface area (Å²) in [7, 11) is 0. The Hall–Kier alpha value is -2.43. The lowest BCUT2D eigenvalue weighted by Gasteiger charge is -2.21. The Balaban J connectivity index is 2.08. The predicted octanol–water partition coefficient (Wildman–Crippen LogP) is 1.07. The summed E-state index contributed by atoms with van der Waals surface area (Å²) in [4.78, 5) is 36.2. The smallest absolute Gasteiger partial charge is 0.263 e. The maximum absolute atomic E-state index is 12.3. The Bertz CT molecular complexity index is 614. The van der Waals surface area contributed by atoms with Crippen LogP contribution in [-0.2, 0) is 9.59 Å². The maximum Gasteiger partial charge on any atom is 0.263 e. The van der Waals surface area contributed by atoms with E-state index in [0.29, 0.717) is 23.4 Å². The summed E-state index contributed by atoms with van der Waals surface area (Å²) in [5, 5.41) is 0. The molecule has 2 aliphatic heterocycles. The molecule has 2 aliphatic rings. The zero-order valence-corrected chi connectivity index (χ0v) is 9.41. The summed E-state index contributed by atoms with van der Waals surface area (Å²) in [6, 6.07) is 5.14. The quantitative estimate of drug-likeness (QED) is 0.688. The minimum absolute atomic E-state index is 0.263. The first-order chi connectivity index (χ1) is 8.77. The van der Waals surface area contributed by atoms with E-state index in [1.54, 1.807) is 30.6 Å². The normalized spacial score (nSPS) is 22.3. The zero-order chi connectivity index (χ0) is 12.5. The molecule has 0 saturated heterocycles. The molecule has 1 aromatic heterocycles. The second kappa shape index (κ2) is 4.10. The van der Waals surface area contributed by atoms with Crippen molar-refractivity contribution in [2.24, 2.45) is 9.98 Å². The van der Waals surface area contributed by atoms with Gasteiger partial charge in [0.1, 0.15) is 5.92 Å². The first-order valence-electron chi connectivity index (χ1n) is 5.56. The zero-order valence-electron chi connectivity index (χ0n) is 9.41. The molecular formula is C13H9N3O2. The van der Waals surface area contributed by atoms with Gasteiger partial charge in [-0.25, -0.2) is 4.99 Å². The van der Waals surface area contributed by atoms with Gasteiger partial charge in [0.05, 0.1) is 17.0 Å². The molecule has 1 unspecified atom stereocenters. The Morgan fingerprint density at radius 1 is 1.22 bits per heavy atom. The fourth-order valence-corrected chi connectivity index (χ4v) is 2.04. The summed E-state index contributed by atoms with van der Waals surface area (Å²) >= 11 is 0. The molecule has 88 valence electrons. The number of hydrogen-bond donors (Lipinski definition) is 0. The van der Waals surface area contributed by atoms with E-state index in [9.17, 15) is 9.59 Å². The molecule has 0 spiro atoms. The van der Waals surface area contributed by atoms with Gasteiger partial charge in [-0.15, -0.1) is 0 Å². The van der Waals surface area contributed by atoms with Crippen LogP contribution in [0.4, 0.5) is 0 Å². The second-order valence-electron chi connectivity index (χ2n) is 4.03. The van der Waals surface area contributed by atoms with E-state index in [0.717, 1.165) is 0 Å². The van der Waals surface area contributed by atoms with E-state index in [2.05, 4.69) is 15.0 Å². The highest BCUT2D eigenvalue weighted by molar-refractivity contribution is 6.36. The lowest BCUT2D eigenvalue weighted by molar-refractivity contribution is -0.127. The van der Waals surface area contributed by atoms with Gasteiger partial charge in [0.2, 0.25) is 0 Å². The van der Waals surface area contributed by atoms with Crippen LogP contribution < -0.4 is 0 Å². The van der Waals surface area contributed by atoms with Gasteiger partial charge in [-0.1, -0.05) is 6.07 Å². The van der Waals surface area contributed by atoms with E-state index >= 15 is 0 Å². The van der Waals surface area contributed by atoms with Crippen molar-refractivity contribution in [2.75, 3.05) is 0 Å². The Morgan fingerprint density at radius 2 is 2.11 bits per heavy atom. The van der Waals surface area contributed by atoms with Crippen LogP contribution in [0.5, 0.6) is 0 Å². The number of rotatable bonds is 1. The van der Waals surface area contributed by atoms with E-state index in [4.69, 9.17) is 0 Å². The molecule has 0 saturated carbocycles. The monoisotopic (exact) mass is 239 g/mol. The fraction of sp³-hybridized carbons (Fsp3) is 0.154. The third-order valence-electron chi connectivity index (χ3n) is 2.91. The highest BCUT2D eigenvalue weighted by atomic mass is 16.2. The van der Waals surface area contributed by atoms with E-state index in [1.807, 2.05) is 0 Å². The van der Waals surface area contributed by atoms with Gasteiger partial charge in [0.15, 0.2) is 5.78 Å². The van der Waals surface area contributed by atoms with Crippen molar-refractivity contribution in [1.29, 1.82) is 0 Å². The molecule has 18 heavy (non-hydrogen) atoms. The van der Waals surface area contributed by atoms with Crippen LogP contribution in [0.2, 0.25) is 0 Å². The third-order valence-corrected chi connectivity index (χ3v) is 2.91. The number of pyridine rings is 1. The topological polar surface area (TPSA) is 71.8 Å².